The van der Waals surface area contributed by atoms with Gasteiger partial charge in [0.2, 0.25) is 15.3 Å². The summed E-state index contributed by atoms with van der Waals surface area (Å²) in [5, 5.41) is -0.131. The average Bonchev–Trinajstić information content (AvgIpc) is 2.17. The van der Waals surface area contributed by atoms with E-state index >= 15 is 0 Å². The highest BCUT2D eigenvalue weighted by Crippen LogP contribution is 2.13. The van der Waals surface area contributed by atoms with Crippen molar-refractivity contribution in [2.45, 2.75) is 11.3 Å². The molecule has 0 aliphatic rings. The van der Waals surface area contributed by atoms with Crippen molar-refractivity contribution in [3.63, 3.8) is 0 Å². The van der Waals surface area contributed by atoms with E-state index in [0.29, 0.717) is 5.02 Å². The lowest BCUT2D eigenvalue weighted by Gasteiger charge is -2.05. The van der Waals surface area contributed by atoms with Crippen LogP contribution in [0.5, 0.6) is 0 Å². The first-order valence-corrected chi connectivity index (χ1v) is 6.59. The number of hydrogen-bond donors (Lipinski definition) is 1. The maximum atomic E-state index is 11.6. The molecule has 0 saturated heterocycles. The van der Waals surface area contributed by atoms with E-state index in [2.05, 4.69) is 4.72 Å². The third kappa shape index (κ3) is 4.09. The van der Waals surface area contributed by atoms with E-state index in [1.54, 1.807) is 0 Å². The number of carbonyl (C=O) groups is 1. The molecule has 0 aliphatic heterocycles. The smallest absolute Gasteiger partial charge is 0.240 e. The van der Waals surface area contributed by atoms with Crippen molar-refractivity contribution in [2.24, 2.45) is 0 Å². The van der Waals surface area contributed by atoms with Crippen molar-refractivity contribution in [2.75, 3.05) is 6.54 Å². The minimum absolute atomic E-state index is 0.0205. The van der Waals surface area contributed by atoms with Crippen LogP contribution in [0.2, 0.25) is 5.02 Å². The Hall–Kier alpha value is -0.620. The van der Waals surface area contributed by atoms with Gasteiger partial charge in [0.05, 0.1) is 4.90 Å². The number of nitrogens with one attached hydrogen (secondary N) is 1. The number of benzene rings is 1. The molecule has 0 aromatic heterocycles. The molecule has 0 radical (unpaired) electrons. The van der Waals surface area contributed by atoms with Crippen molar-refractivity contribution < 1.29 is 13.2 Å². The maximum Gasteiger partial charge on any atom is 0.240 e. The minimum atomic E-state index is -3.59. The molecule has 0 saturated carbocycles. The lowest BCUT2D eigenvalue weighted by molar-refractivity contribution is -0.111. The number of hydrogen-bond acceptors (Lipinski definition) is 3. The Morgan fingerprint density at radius 1 is 1.25 bits per heavy atom. The van der Waals surface area contributed by atoms with Gasteiger partial charge in [-0.1, -0.05) is 11.6 Å². The van der Waals surface area contributed by atoms with Crippen LogP contribution in [0.3, 0.4) is 0 Å². The molecule has 0 heterocycles. The van der Waals surface area contributed by atoms with Crippen molar-refractivity contribution in [3.05, 3.63) is 29.3 Å². The van der Waals surface area contributed by atoms with Crippen LogP contribution in [-0.4, -0.2) is 20.2 Å². The normalized spacial score (nSPS) is 11.4. The number of rotatable bonds is 5. The molecule has 1 aromatic rings. The molecule has 0 atom stereocenters. The first-order chi connectivity index (χ1) is 7.42. The lowest BCUT2D eigenvalue weighted by Crippen LogP contribution is -2.25. The first kappa shape index (κ1) is 13.4. The summed E-state index contributed by atoms with van der Waals surface area (Å²) >= 11 is 10.7. The van der Waals surface area contributed by atoms with Gasteiger partial charge in [-0.3, -0.25) is 4.79 Å². The quantitative estimate of drug-likeness (QED) is 0.837. The topological polar surface area (TPSA) is 63.2 Å². The summed E-state index contributed by atoms with van der Waals surface area (Å²) in [6.07, 6.45) is -0.0472. The first-order valence-electron chi connectivity index (χ1n) is 4.35. The summed E-state index contributed by atoms with van der Waals surface area (Å²) in [6.45, 7) is -0.0205. The molecule has 16 heavy (non-hydrogen) atoms. The van der Waals surface area contributed by atoms with Crippen LogP contribution in [0.4, 0.5) is 0 Å². The monoisotopic (exact) mass is 281 g/mol. The van der Waals surface area contributed by atoms with Crippen LogP contribution < -0.4 is 4.72 Å². The Morgan fingerprint density at radius 3 is 2.31 bits per heavy atom. The van der Waals surface area contributed by atoms with Gasteiger partial charge in [0.15, 0.2) is 0 Å². The predicted molar refractivity (Wildman–Crippen MR) is 62.1 cm³/mol. The number of sulfonamides is 1. The summed E-state index contributed by atoms with van der Waals surface area (Å²) < 4.78 is 25.5. The molecule has 0 fully saturated rings. The molecule has 88 valence electrons. The molecular weight excluding hydrogens is 273 g/mol. The molecule has 7 heteroatoms. The molecular formula is C9H9Cl2NO3S. The SMILES string of the molecule is O=C(Cl)CCNS(=O)(=O)c1ccc(Cl)cc1. The second-order valence-electron chi connectivity index (χ2n) is 2.96. The van der Waals surface area contributed by atoms with Crippen molar-refractivity contribution in [1.82, 2.24) is 4.72 Å². The van der Waals surface area contributed by atoms with Crippen LogP contribution >= 0.6 is 23.2 Å². The van der Waals surface area contributed by atoms with Gasteiger partial charge in [-0.15, -0.1) is 0 Å². The summed E-state index contributed by atoms with van der Waals surface area (Å²) in [5.41, 5.74) is 0. The van der Waals surface area contributed by atoms with Crippen LogP contribution in [0, 0.1) is 0 Å². The standard InChI is InChI=1S/C9H9Cl2NO3S/c10-7-1-3-8(4-2-7)16(14,15)12-6-5-9(11)13/h1-4,12H,5-6H2. The Morgan fingerprint density at radius 2 is 1.81 bits per heavy atom. The molecule has 0 unspecified atom stereocenters. The van der Waals surface area contributed by atoms with Gasteiger partial charge in [0.25, 0.3) is 0 Å². The highest BCUT2D eigenvalue weighted by molar-refractivity contribution is 7.89. The van der Waals surface area contributed by atoms with Gasteiger partial charge in [0.1, 0.15) is 0 Å². The molecule has 4 nitrogen and oxygen atoms in total. The van der Waals surface area contributed by atoms with Gasteiger partial charge in [-0.2, -0.15) is 0 Å². The zero-order valence-electron chi connectivity index (χ0n) is 8.11. The van der Waals surface area contributed by atoms with E-state index in [9.17, 15) is 13.2 Å². The van der Waals surface area contributed by atoms with E-state index in [0.717, 1.165) is 0 Å². The summed E-state index contributed by atoms with van der Waals surface area (Å²) in [4.78, 5) is 10.5. The fourth-order valence-electron chi connectivity index (χ4n) is 0.981. The Kier molecular flexibility index (Phi) is 4.73. The lowest BCUT2D eigenvalue weighted by atomic mass is 10.4. The van der Waals surface area contributed by atoms with Crippen molar-refractivity contribution in [3.8, 4) is 0 Å². The number of halogens is 2. The highest BCUT2D eigenvalue weighted by Gasteiger charge is 2.13. The summed E-state index contributed by atoms with van der Waals surface area (Å²) in [7, 11) is -3.59. The van der Waals surface area contributed by atoms with Gasteiger partial charge in [0, 0.05) is 18.0 Å². The molecule has 0 aliphatic carbocycles. The van der Waals surface area contributed by atoms with Crippen LogP contribution in [-0.2, 0) is 14.8 Å². The van der Waals surface area contributed by atoms with E-state index in [4.69, 9.17) is 23.2 Å². The molecule has 0 bridgehead atoms. The second kappa shape index (κ2) is 5.63. The predicted octanol–water partition coefficient (Wildman–Crippen LogP) is 1.77. The van der Waals surface area contributed by atoms with Crippen molar-refractivity contribution in [1.29, 1.82) is 0 Å². The zero-order valence-corrected chi connectivity index (χ0v) is 10.4. The Bertz CT molecular complexity index is 470. The van der Waals surface area contributed by atoms with E-state index in [-0.39, 0.29) is 17.9 Å². The zero-order chi connectivity index (χ0) is 12.2. The Balaban J connectivity index is 2.71. The van der Waals surface area contributed by atoms with E-state index in [1.807, 2.05) is 0 Å². The van der Waals surface area contributed by atoms with Gasteiger partial charge in [-0.25, -0.2) is 13.1 Å². The highest BCUT2D eigenvalue weighted by atomic mass is 35.5. The fraction of sp³-hybridized carbons (Fsp3) is 0.222. The van der Waals surface area contributed by atoms with E-state index < -0.39 is 15.3 Å². The maximum absolute atomic E-state index is 11.6. The summed E-state index contributed by atoms with van der Waals surface area (Å²) in [6, 6.07) is 5.71. The van der Waals surface area contributed by atoms with Crippen LogP contribution in [0.1, 0.15) is 6.42 Å². The van der Waals surface area contributed by atoms with Gasteiger partial charge in [-0.05, 0) is 35.9 Å². The van der Waals surface area contributed by atoms with Crippen LogP contribution in [0.25, 0.3) is 0 Å². The number of carbonyl (C=O) groups excluding carboxylic acids is 1. The largest absolute Gasteiger partial charge is 0.281 e. The second-order valence-corrected chi connectivity index (χ2v) is 5.58. The fourth-order valence-corrected chi connectivity index (χ4v) is 2.23. The molecule has 1 N–H and O–H groups in total. The molecule has 1 aromatic carbocycles. The van der Waals surface area contributed by atoms with E-state index in [1.165, 1.54) is 24.3 Å². The third-order valence-electron chi connectivity index (χ3n) is 1.74. The Labute approximate surface area is 104 Å². The van der Waals surface area contributed by atoms with Crippen LogP contribution in [0.15, 0.2) is 29.2 Å². The average molecular weight is 282 g/mol. The molecule has 0 spiro atoms. The van der Waals surface area contributed by atoms with Gasteiger partial charge < -0.3 is 0 Å². The van der Waals surface area contributed by atoms with Gasteiger partial charge >= 0.3 is 0 Å². The minimum Gasteiger partial charge on any atom is -0.281 e. The third-order valence-corrected chi connectivity index (χ3v) is 3.66. The summed E-state index contributed by atoms with van der Waals surface area (Å²) in [5.74, 6) is 0. The van der Waals surface area contributed by atoms with Crippen molar-refractivity contribution >= 4 is 38.5 Å². The molecule has 0 amide bonds. The molecule has 1 rings (SSSR count).